The van der Waals surface area contributed by atoms with E-state index in [1.165, 1.54) is 25.0 Å². The molecule has 2 aliphatic rings. The first kappa shape index (κ1) is 12.4. The monoisotopic (exact) mass is 256 g/mol. The van der Waals surface area contributed by atoms with Crippen molar-refractivity contribution in [3.63, 3.8) is 0 Å². The summed E-state index contributed by atoms with van der Waals surface area (Å²) < 4.78 is 0. The van der Waals surface area contributed by atoms with Crippen molar-refractivity contribution in [1.82, 2.24) is 4.90 Å². The third-order valence-electron chi connectivity index (χ3n) is 4.10. The third-order valence-corrected chi connectivity index (χ3v) is 4.10. The lowest BCUT2D eigenvalue weighted by Crippen LogP contribution is -2.41. The maximum absolute atomic E-state index is 12.0. The molecule has 2 saturated heterocycles. The molecule has 1 aromatic rings. The lowest BCUT2D eigenvalue weighted by atomic mass is 9.84. The molecular weight excluding hydrogens is 236 g/mol. The predicted molar refractivity (Wildman–Crippen MR) is 76.9 cm³/mol. The van der Waals surface area contributed by atoms with Gasteiger partial charge in [0, 0.05) is 24.9 Å². The Morgan fingerprint density at radius 1 is 1.26 bits per heavy atom. The first-order valence-corrected chi connectivity index (χ1v) is 7.10. The number of para-hydroxylation sites is 1. The highest BCUT2D eigenvalue weighted by Crippen LogP contribution is 2.30. The summed E-state index contributed by atoms with van der Waals surface area (Å²) in [5.41, 5.74) is 2.20. The number of hydrogen-bond acceptors (Lipinski definition) is 2. The van der Waals surface area contributed by atoms with Crippen LogP contribution >= 0.6 is 0 Å². The zero-order chi connectivity index (χ0) is 13.1. The van der Waals surface area contributed by atoms with E-state index in [0.717, 1.165) is 25.2 Å². The Hall–Kier alpha value is -1.61. The van der Waals surface area contributed by atoms with Crippen molar-refractivity contribution in [2.75, 3.05) is 25.0 Å². The smallest absolute Gasteiger partial charge is 0.248 e. The Bertz CT molecular complexity index is 481. The van der Waals surface area contributed by atoms with Crippen LogP contribution in [0.1, 0.15) is 19.3 Å². The highest BCUT2D eigenvalue weighted by atomic mass is 16.1. The fourth-order valence-electron chi connectivity index (χ4n) is 3.11. The van der Waals surface area contributed by atoms with Gasteiger partial charge in [0.2, 0.25) is 5.91 Å². The van der Waals surface area contributed by atoms with E-state index in [1.807, 2.05) is 36.4 Å². The van der Waals surface area contributed by atoms with Crippen molar-refractivity contribution in [1.29, 1.82) is 0 Å². The van der Waals surface area contributed by atoms with Gasteiger partial charge in [-0.25, -0.2) is 0 Å². The molecule has 2 aliphatic heterocycles. The van der Waals surface area contributed by atoms with Gasteiger partial charge in [0.05, 0.1) is 0 Å². The van der Waals surface area contributed by atoms with Crippen LogP contribution in [-0.4, -0.2) is 30.4 Å². The van der Waals surface area contributed by atoms with Gasteiger partial charge in [-0.2, -0.15) is 0 Å². The molecule has 0 spiro atoms. The first-order chi connectivity index (χ1) is 9.31. The molecule has 19 heavy (non-hydrogen) atoms. The molecule has 2 unspecified atom stereocenters. The second kappa shape index (κ2) is 5.57. The molecule has 3 nitrogen and oxygen atoms in total. The van der Waals surface area contributed by atoms with Crippen molar-refractivity contribution in [3.8, 4) is 0 Å². The molecular formula is C16H20N2O. The molecule has 2 fully saturated rings. The standard InChI is InChI=1S/C16H20N2O/c19-16(17-15-6-2-1-3-7-15)11-13-8-10-18-9-4-5-14(13)12-18/h1-3,6-7,11,14H,4-5,8-10,12H2,(H,17,19). The van der Waals surface area contributed by atoms with Gasteiger partial charge >= 0.3 is 0 Å². The van der Waals surface area contributed by atoms with Gasteiger partial charge in [-0.1, -0.05) is 23.8 Å². The summed E-state index contributed by atoms with van der Waals surface area (Å²) in [5.74, 6) is 0.615. The molecule has 1 amide bonds. The maximum atomic E-state index is 12.0. The largest absolute Gasteiger partial charge is 0.323 e. The molecule has 0 aromatic heterocycles. The average Bonchev–Trinajstić information content (AvgIpc) is 2.44. The number of anilines is 1. The Labute approximate surface area is 114 Å². The van der Waals surface area contributed by atoms with Gasteiger partial charge in [0.15, 0.2) is 0 Å². The molecule has 2 atom stereocenters. The van der Waals surface area contributed by atoms with Crippen LogP contribution in [0.4, 0.5) is 5.69 Å². The van der Waals surface area contributed by atoms with E-state index < -0.39 is 0 Å². The Morgan fingerprint density at radius 3 is 2.95 bits per heavy atom. The number of nitrogens with one attached hydrogen (secondary N) is 1. The minimum atomic E-state index is 0.0141. The van der Waals surface area contributed by atoms with Gasteiger partial charge in [-0.3, -0.25) is 4.79 Å². The number of fused-ring (bicyclic) bond motifs is 2. The zero-order valence-electron chi connectivity index (χ0n) is 11.1. The normalized spacial score (nSPS) is 28.1. The molecule has 3 rings (SSSR count). The third kappa shape index (κ3) is 3.04. The minimum absolute atomic E-state index is 0.0141. The van der Waals surface area contributed by atoms with Crippen LogP contribution in [-0.2, 0) is 4.79 Å². The Morgan fingerprint density at radius 2 is 2.11 bits per heavy atom. The van der Waals surface area contributed by atoms with Crippen LogP contribution in [0, 0.1) is 5.92 Å². The SMILES string of the molecule is O=C(C=C1CCN2CCCC1C2)Nc1ccccc1. The van der Waals surface area contributed by atoms with Gasteiger partial charge in [0.1, 0.15) is 0 Å². The number of hydrogen-bond donors (Lipinski definition) is 1. The molecule has 2 heterocycles. The summed E-state index contributed by atoms with van der Waals surface area (Å²) in [6.07, 6.45) is 5.39. The summed E-state index contributed by atoms with van der Waals surface area (Å²) in [4.78, 5) is 14.6. The van der Waals surface area contributed by atoms with E-state index in [-0.39, 0.29) is 5.91 Å². The fraction of sp³-hybridized carbons (Fsp3) is 0.438. The number of carbonyl (C=O) groups excluding carboxylic acids is 1. The molecule has 1 aromatic carbocycles. The molecule has 1 N–H and O–H groups in total. The lowest BCUT2D eigenvalue weighted by molar-refractivity contribution is -0.112. The summed E-state index contributed by atoms with van der Waals surface area (Å²) in [7, 11) is 0. The van der Waals surface area contributed by atoms with Crippen molar-refractivity contribution in [3.05, 3.63) is 42.0 Å². The first-order valence-electron chi connectivity index (χ1n) is 7.10. The number of carbonyl (C=O) groups is 1. The van der Waals surface area contributed by atoms with Crippen molar-refractivity contribution >= 4 is 11.6 Å². The second-order valence-corrected chi connectivity index (χ2v) is 5.46. The minimum Gasteiger partial charge on any atom is -0.323 e. The maximum Gasteiger partial charge on any atom is 0.248 e. The van der Waals surface area contributed by atoms with E-state index in [2.05, 4.69) is 10.2 Å². The number of amides is 1. The van der Waals surface area contributed by atoms with Crippen LogP contribution in [0.15, 0.2) is 42.0 Å². The quantitative estimate of drug-likeness (QED) is 0.825. The molecule has 0 radical (unpaired) electrons. The van der Waals surface area contributed by atoms with E-state index in [1.54, 1.807) is 0 Å². The van der Waals surface area contributed by atoms with Crippen molar-refractivity contribution in [2.45, 2.75) is 19.3 Å². The molecule has 2 bridgehead atoms. The second-order valence-electron chi connectivity index (χ2n) is 5.46. The molecule has 100 valence electrons. The van der Waals surface area contributed by atoms with E-state index >= 15 is 0 Å². The summed E-state index contributed by atoms with van der Waals surface area (Å²) in [6.45, 7) is 3.49. The number of nitrogens with zero attached hydrogens (tertiary/aromatic N) is 1. The molecule has 0 saturated carbocycles. The van der Waals surface area contributed by atoms with Crippen LogP contribution in [0.3, 0.4) is 0 Å². The molecule has 0 aliphatic carbocycles. The lowest BCUT2D eigenvalue weighted by Gasteiger charge is -2.39. The van der Waals surface area contributed by atoms with E-state index in [9.17, 15) is 4.79 Å². The van der Waals surface area contributed by atoms with Crippen LogP contribution in [0.2, 0.25) is 0 Å². The van der Waals surface area contributed by atoms with Crippen LogP contribution in [0.25, 0.3) is 0 Å². The summed E-state index contributed by atoms with van der Waals surface area (Å²) >= 11 is 0. The van der Waals surface area contributed by atoms with Gasteiger partial charge in [-0.15, -0.1) is 0 Å². The Balaban J connectivity index is 1.66. The molecule has 3 heteroatoms. The van der Waals surface area contributed by atoms with Gasteiger partial charge in [-0.05, 0) is 43.9 Å². The number of piperidine rings is 2. The average molecular weight is 256 g/mol. The van der Waals surface area contributed by atoms with Gasteiger partial charge in [0.25, 0.3) is 0 Å². The van der Waals surface area contributed by atoms with Crippen LogP contribution < -0.4 is 5.32 Å². The van der Waals surface area contributed by atoms with Crippen molar-refractivity contribution in [2.24, 2.45) is 5.92 Å². The van der Waals surface area contributed by atoms with E-state index in [0.29, 0.717) is 5.92 Å². The highest BCUT2D eigenvalue weighted by molar-refractivity contribution is 5.99. The zero-order valence-corrected chi connectivity index (χ0v) is 11.1. The Kier molecular flexibility index (Phi) is 3.65. The van der Waals surface area contributed by atoms with Gasteiger partial charge < -0.3 is 10.2 Å². The topological polar surface area (TPSA) is 32.3 Å². The summed E-state index contributed by atoms with van der Waals surface area (Å²) in [6, 6.07) is 9.65. The summed E-state index contributed by atoms with van der Waals surface area (Å²) in [5, 5.41) is 2.93. The van der Waals surface area contributed by atoms with Crippen molar-refractivity contribution < 1.29 is 4.79 Å². The van der Waals surface area contributed by atoms with E-state index in [4.69, 9.17) is 0 Å². The predicted octanol–water partition coefficient (Wildman–Crippen LogP) is 2.67. The number of benzene rings is 1. The fourth-order valence-corrected chi connectivity index (χ4v) is 3.11. The number of rotatable bonds is 2. The van der Waals surface area contributed by atoms with Crippen LogP contribution in [0.5, 0.6) is 0 Å². The highest BCUT2D eigenvalue weighted by Gasteiger charge is 2.27.